The third-order valence-electron chi connectivity index (χ3n) is 9.96. The summed E-state index contributed by atoms with van der Waals surface area (Å²) in [7, 11) is 0. The highest BCUT2D eigenvalue weighted by atomic mass is 32.2. The molecule has 0 saturated carbocycles. The number of carbonyl (C=O) groups is 8. The van der Waals surface area contributed by atoms with Crippen molar-refractivity contribution in [3.63, 3.8) is 0 Å². The predicted molar refractivity (Wildman–Crippen MR) is 215 cm³/mol. The highest BCUT2D eigenvalue weighted by Crippen LogP contribution is 2.33. The Morgan fingerprint density at radius 2 is 1.40 bits per heavy atom. The molecule has 20 heteroatoms. The molecule has 0 bridgehead atoms. The molecule has 4 heterocycles. The molecule has 0 spiro atoms. The van der Waals surface area contributed by atoms with E-state index < -0.39 is 11.8 Å². The van der Waals surface area contributed by atoms with Gasteiger partial charge in [0.1, 0.15) is 0 Å². The minimum absolute atomic E-state index is 0.00699. The first-order chi connectivity index (χ1) is 27.4. The van der Waals surface area contributed by atoms with E-state index in [4.69, 9.17) is 12.2 Å². The molecule has 4 aliphatic rings. The van der Waals surface area contributed by atoms with Crippen molar-refractivity contribution < 1.29 is 38.4 Å². The third-order valence-corrected chi connectivity index (χ3v) is 11.7. The molecule has 0 aromatic heterocycles. The number of anilines is 1. The molecule has 7 N–H and O–H groups in total. The van der Waals surface area contributed by atoms with E-state index in [0.717, 1.165) is 35.5 Å². The van der Waals surface area contributed by atoms with E-state index in [1.165, 1.54) is 12.2 Å². The van der Waals surface area contributed by atoms with Crippen molar-refractivity contribution >= 4 is 82.2 Å². The molecule has 4 aliphatic heterocycles. The summed E-state index contributed by atoms with van der Waals surface area (Å²) in [4.78, 5) is 101. The Morgan fingerprint density at radius 3 is 2.12 bits per heavy atom. The number of thiocarbonyl (C=S) groups is 1. The van der Waals surface area contributed by atoms with Crippen molar-refractivity contribution in [2.75, 3.05) is 63.4 Å². The number of unbranched alkanes of at least 4 members (excludes halogenated alkanes) is 1. The van der Waals surface area contributed by atoms with Crippen LogP contribution in [0.3, 0.4) is 0 Å². The zero-order valence-electron chi connectivity index (χ0n) is 31.6. The second-order valence-corrected chi connectivity index (χ2v) is 15.7. The number of piperazine rings is 1. The topological polar surface area (TPSA) is 230 Å². The number of thioether (sulfide) groups is 1. The predicted octanol–water partition coefficient (Wildman–Crippen LogP) is -0.686. The number of rotatable bonds is 19. The minimum atomic E-state index is -0.405. The fraction of sp³-hybridized carbons (Fsp3) is 0.541. The van der Waals surface area contributed by atoms with Gasteiger partial charge in [-0.1, -0.05) is 18.6 Å². The molecule has 1 aromatic carbocycles. The van der Waals surface area contributed by atoms with Crippen molar-refractivity contribution in [2.45, 2.75) is 68.8 Å². The first kappa shape index (κ1) is 42.9. The van der Waals surface area contributed by atoms with Gasteiger partial charge in [-0.3, -0.25) is 38.5 Å². The van der Waals surface area contributed by atoms with Gasteiger partial charge in [0, 0.05) is 93.9 Å². The van der Waals surface area contributed by atoms with Crippen molar-refractivity contribution in [1.29, 1.82) is 0 Å². The number of imide groups is 1. The van der Waals surface area contributed by atoms with Gasteiger partial charge in [0.05, 0.1) is 25.2 Å². The van der Waals surface area contributed by atoms with Crippen LogP contribution in [0.4, 0.5) is 10.5 Å². The van der Waals surface area contributed by atoms with Crippen LogP contribution in [0.5, 0.6) is 0 Å². The number of hydrogen-bond donors (Lipinski definition) is 7. The van der Waals surface area contributed by atoms with E-state index >= 15 is 0 Å². The van der Waals surface area contributed by atoms with Crippen LogP contribution >= 0.6 is 24.0 Å². The van der Waals surface area contributed by atoms with Crippen molar-refractivity contribution in [2.24, 2.45) is 0 Å². The maximum atomic E-state index is 12.7. The monoisotopic (exact) mass is 826 g/mol. The number of nitrogens with zero attached hydrogens (tertiary/aromatic N) is 3. The molecule has 3 atom stereocenters. The van der Waals surface area contributed by atoms with Crippen LogP contribution in [-0.4, -0.2) is 143 Å². The normalized spacial score (nSPS) is 19.8. The van der Waals surface area contributed by atoms with Gasteiger partial charge >= 0.3 is 6.03 Å². The summed E-state index contributed by atoms with van der Waals surface area (Å²) >= 11 is 7.18. The molecule has 18 nitrogen and oxygen atoms in total. The van der Waals surface area contributed by atoms with Crippen LogP contribution in [0.15, 0.2) is 36.4 Å². The number of benzene rings is 1. The van der Waals surface area contributed by atoms with Crippen molar-refractivity contribution in [3.8, 4) is 0 Å². The SMILES string of the molecule is O=C(CCCN1C(=O)C=CC1=O)NCC(=O)N1CCN(C(=O)CCNC(=O)CNC(=S)Nc2ccc(CNC(=O)CCCC[C@@H]3SC[C@@H]4NC(=O)N[C@@H]43)cc2)CC1. The standard InChI is InChI=1S/C37H50N10O8S2/c48-28(5-2-1-4-27-35-26(23-57-27)43-36(55)44-35)39-20-24-7-9-25(10-8-24)42-37(56)41-21-30(50)38-14-13-31(51)45-16-18-46(19-17-45)34(54)22-40-29(49)6-3-15-47-32(52)11-12-33(47)53/h7-12,26-27,35H,1-6,13-23H2,(H,38,50)(H,39,48)(H,40,49)(H2,41,42,56)(H2,43,44,55)/t26-,27-,35-/m0/s1. The Hall–Kier alpha value is -5.24. The molecule has 3 saturated heterocycles. The van der Waals surface area contributed by atoms with Crippen LogP contribution in [0.25, 0.3) is 0 Å². The zero-order chi connectivity index (χ0) is 40.7. The molecule has 9 amide bonds. The molecule has 0 unspecified atom stereocenters. The lowest BCUT2D eigenvalue weighted by Crippen LogP contribution is -2.53. The van der Waals surface area contributed by atoms with Crippen molar-refractivity contribution in [1.82, 2.24) is 46.6 Å². The van der Waals surface area contributed by atoms with Crippen LogP contribution in [0, 0.1) is 0 Å². The van der Waals surface area contributed by atoms with Gasteiger partial charge in [0.2, 0.25) is 29.5 Å². The van der Waals surface area contributed by atoms with Crippen molar-refractivity contribution in [3.05, 3.63) is 42.0 Å². The molecular weight excluding hydrogens is 777 g/mol. The summed E-state index contributed by atoms with van der Waals surface area (Å²) < 4.78 is 0. The summed E-state index contributed by atoms with van der Waals surface area (Å²) in [6, 6.07) is 7.70. The number of urea groups is 1. The lowest BCUT2D eigenvalue weighted by molar-refractivity contribution is -0.139. The summed E-state index contributed by atoms with van der Waals surface area (Å²) in [5.74, 6) is -1.01. The molecule has 308 valence electrons. The summed E-state index contributed by atoms with van der Waals surface area (Å²) in [5, 5.41) is 20.6. The number of hydrogen-bond acceptors (Lipinski definition) is 10. The Kier molecular flexibility index (Phi) is 16.1. The van der Waals surface area contributed by atoms with E-state index in [-0.39, 0.29) is 98.2 Å². The quantitative estimate of drug-likeness (QED) is 0.0398. The smallest absolute Gasteiger partial charge is 0.315 e. The fourth-order valence-corrected chi connectivity index (χ4v) is 8.50. The number of carbonyl (C=O) groups excluding carboxylic acids is 8. The molecule has 3 fully saturated rings. The van der Waals surface area contributed by atoms with Crippen LogP contribution < -0.4 is 37.2 Å². The molecule has 1 aromatic rings. The number of fused-ring (bicyclic) bond motifs is 1. The van der Waals surface area contributed by atoms with E-state index in [1.807, 2.05) is 36.0 Å². The highest BCUT2D eigenvalue weighted by molar-refractivity contribution is 8.00. The van der Waals surface area contributed by atoms with E-state index in [0.29, 0.717) is 50.1 Å². The Morgan fingerprint density at radius 1 is 0.737 bits per heavy atom. The lowest BCUT2D eigenvalue weighted by atomic mass is 10.0. The van der Waals surface area contributed by atoms with Gasteiger partial charge in [0.15, 0.2) is 5.11 Å². The average Bonchev–Trinajstić information content (AvgIpc) is 3.87. The fourth-order valence-electron chi connectivity index (χ4n) is 6.76. The summed E-state index contributed by atoms with van der Waals surface area (Å²) in [6.45, 7) is 1.68. The van der Waals surface area contributed by atoms with E-state index in [2.05, 4.69) is 37.2 Å². The number of nitrogens with one attached hydrogen (secondary N) is 7. The Bertz CT molecular complexity index is 1700. The number of amides is 9. The van der Waals surface area contributed by atoms with Gasteiger partial charge in [-0.25, -0.2) is 4.79 Å². The minimum Gasteiger partial charge on any atom is -0.354 e. The van der Waals surface area contributed by atoms with Crippen LogP contribution in [0.1, 0.15) is 50.5 Å². The largest absolute Gasteiger partial charge is 0.354 e. The summed E-state index contributed by atoms with van der Waals surface area (Å²) in [6.07, 6.45) is 5.95. The molecular formula is C37H50N10O8S2. The summed E-state index contributed by atoms with van der Waals surface area (Å²) in [5.41, 5.74) is 1.64. The first-order valence-corrected chi connectivity index (χ1v) is 20.6. The second-order valence-electron chi connectivity index (χ2n) is 14.1. The molecule has 5 rings (SSSR count). The van der Waals surface area contributed by atoms with E-state index in [1.54, 1.807) is 9.80 Å². The van der Waals surface area contributed by atoms with Gasteiger partial charge in [-0.2, -0.15) is 11.8 Å². The molecule has 57 heavy (non-hydrogen) atoms. The highest BCUT2D eigenvalue weighted by Gasteiger charge is 2.42. The molecule has 0 aliphatic carbocycles. The lowest BCUT2D eigenvalue weighted by Gasteiger charge is -2.35. The van der Waals surface area contributed by atoms with E-state index in [9.17, 15) is 38.4 Å². The first-order valence-electron chi connectivity index (χ1n) is 19.2. The van der Waals surface area contributed by atoms with Crippen LogP contribution in [-0.2, 0) is 40.1 Å². The maximum Gasteiger partial charge on any atom is 0.315 e. The maximum absolute atomic E-state index is 12.7. The Balaban J connectivity index is 0.852. The van der Waals surface area contributed by atoms with Gasteiger partial charge in [-0.15, -0.1) is 0 Å². The van der Waals surface area contributed by atoms with Gasteiger partial charge < -0.3 is 47.0 Å². The average molecular weight is 827 g/mol. The van der Waals surface area contributed by atoms with Gasteiger partial charge in [-0.05, 0) is 49.2 Å². The Labute approximate surface area is 340 Å². The second kappa shape index (κ2) is 21.3. The van der Waals surface area contributed by atoms with Crippen LogP contribution in [0.2, 0.25) is 0 Å². The zero-order valence-corrected chi connectivity index (χ0v) is 33.3. The van der Waals surface area contributed by atoms with Gasteiger partial charge in [0.25, 0.3) is 11.8 Å². The molecule has 0 radical (unpaired) electrons. The third kappa shape index (κ3) is 13.4.